The van der Waals surface area contributed by atoms with Gasteiger partial charge in [-0.3, -0.25) is 4.98 Å². The molecule has 1 aliphatic rings. The van der Waals surface area contributed by atoms with E-state index >= 15 is 0 Å². The Morgan fingerprint density at radius 2 is 2.26 bits per heavy atom. The van der Waals surface area contributed by atoms with Crippen molar-refractivity contribution in [3.63, 3.8) is 0 Å². The second-order valence-corrected chi connectivity index (χ2v) is 5.26. The van der Waals surface area contributed by atoms with Crippen LogP contribution in [-0.4, -0.2) is 39.2 Å². The van der Waals surface area contributed by atoms with Crippen molar-refractivity contribution in [3.05, 3.63) is 30.4 Å². The summed E-state index contributed by atoms with van der Waals surface area (Å²) in [6, 6.07) is 4.37. The van der Waals surface area contributed by atoms with Crippen LogP contribution in [0, 0.1) is 0 Å². The molecule has 0 spiro atoms. The first-order chi connectivity index (χ1) is 9.24. The minimum Gasteiger partial charge on any atom is -0.420 e. The molecule has 5 heteroatoms. The van der Waals surface area contributed by atoms with Crippen molar-refractivity contribution in [2.24, 2.45) is 0 Å². The summed E-state index contributed by atoms with van der Waals surface area (Å²) in [7, 11) is 0. The van der Waals surface area contributed by atoms with Gasteiger partial charge in [0.1, 0.15) is 0 Å². The molecule has 0 aromatic carbocycles. The highest BCUT2D eigenvalue weighted by molar-refractivity contribution is 5.49. The highest BCUT2D eigenvalue weighted by atomic mass is 16.4. The highest BCUT2D eigenvalue weighted by Gasteiger charge is 2.29. The molecule has 3 heterocycles. The molecular weight excluding hydrogens is 240 g/mol. The fourth-order valence-electron chi connectivity index (χ4n) is 2.46. The van der Waals surface area contributed by atoms with Crippen LogP contribution in [0.1, 0.15) is 32.1 Å². The van der Waals surface area contributed by atoms with Crippen LogP contribution in [-0.2, 0) is 0 Å². The topological polar surface area (TPSA) is 55.1 Å². The number of likely N-dealkylation sites (tertiary alicyclic amines) is 1. The third kappa shape index (κ3) is 2.51. The maximum atomic E-state index is 5.79. The predicted octanol–water partition coefficient (Wildman–Crippen LogP) is 2.33. The first-order valence-corrected chi connectivity index (χ1v) is 6.72. The van der Waals surface area contributed by atoms with Crippen LogP contribution >= 0.6 is 0 Å². The molecule has 0 amide bonds. The molecule has 1 saturated heterocycles. The molecule has 1 aliphatic heterocycles. The van der Waals surface area contributed by atoms with Gasteiger partial charge in [-0.15, -0.1) is 10.2 Å². The summed E-state index contributed by atoms with van der Waals surface area (Å²) in [6.07, 6.45) is 4.57. The lowest BCUT2D eigenvalue weighted by atomic mass is 10.1. The summed E-state index contributed by atoms with van der Waals surface area (Å²) < 4.78 is 5.79. The highest BCUT2D eigenvalue weighted by Crippen LogP contribution is 2.29. The Kier molecular flexibility index (Phi) is 3.29. The zero-order valence-electron chi connectivity index (χ0n) is 11.3. The summed E-state index contributed by atoms with van der Waals surface area (Å²) in [5.41, 5.74) is 0.875. The first-order valence-electron chi connectivity index (χ1n) is 6.72. The number of hydrogen-bond acceptors (Lipinski definition) is 5. The van der Waals surface area contributed by atoms with E-state index in [2.05, 4.69) is 33.9 Å². The predicted molar refractivity (Wildman–Crippen MR) is 71.6 cm³/mol. The van der Waals surface area contributed by atoms with Gasteiger partial charge in [-0.25, -0.2) is 0 Å². The third-order valence-electron chi connectivity index (χ3n) is 3.65. The Balaban J connectivity index is 1.76. The first kappa shape index (κ1) is 12.3. The van der Waals surface area contributed by atoms with Crippen LogP contribution < -0.4 is 0 Å². The second kappa shape index (κ2) is 5.09. The van der Waals surface area contributed by atoms with E-state index in [4.69, 9.17) is 4.42 Å². The smallest absolute Gasteiger partial charge is 0.249 e. The molecule has 0 saturated carbocycles. The van der Waals surface area contributed by atoms with Crippen LogP contribution in [0.2, 0.25) is 0 Å². The van der Waals surface area contributed by atoms with Crippen molar-refractivity contribution < 1.29 is 4.42 Å². The molecule has 2 aromatic rings. The van der Waals surface area contributed by atoms with Crippen molar-refractivity contribution in [2.75, 3.05) is 13.1 Å². The van der Waals surface area contributed by atoms with Gasteiger partial charge in [0, 0.05) is 25.0 Å². The average Bonchev–Trinajstić information content (AvgIpc) is 3.09. The van der Waals surface area contributed by atoms with Crippen molar-refractivity contribution >= 4 is 0 Å². The summed E-state index contributed by atoms with van der Waals surface area (Å²) >= 11 is 0. The normalized spacial score (nSPS) is 20.3. The van der Waals surface area contributed by atoms with E-state index < -0.39 is 0 Å². The van der Waals surface area contributed by atoms with Gasteiger partial charge < -0.3 is 9.32 Å². The van der Waals surface area contributed by atoms with Crippen LogP contribution in [0.5, 0.6) is 0 Å². The van der Waals surface area contributed by atoms with Crippen molar-refractivity contribution in [2.45, 2.75) is 32.2 Å². The zero-order chi connectivity index (χ0) is 13.2. The SMILES string of the molecule is CC(C)N1CCC(c2nnc(-c3cccnc3)o2)C1. The quantitative estimate of drug-likeness (QED) is 0.845. The second-order valence-electron chi connectivity index (χ2n) is 5.26. The summed E-state index contributed by atoms with van der Waals surface area (Å²) in [6.45, 7) is 6.55. The standard InChI is InChI=1S/C14H18N4O/c1-10(2)18-7-5-12(9-18)14-17-16-13(19-14)11-4-3-6-15-8-11/h3-4,6,8,10,12H,5,7,9H2,1-2H3. The van der Waals surface area contributed by atoms with Crippen molar-refractivity contribution in [3.8, 4) is 11.5 Å². The average molecular weight is 258 g/mol. The number of rotatable bonds is 3. The Morgan fingerprint density at radius 3 is 2.95 bits per heavy atom. The summed E-state index contributed by atoms with van der Waals surface area (Å²) in [5.74, 6) is 1.67. The van der Waals surface area contributed by atoms with Gasteiger partial charge in [-0.1, -0.05) is 0 Å². The minimum atomic E-state index is 0.361. The molecule has 0 radical (unpaired) electrons. The zero-order valence-corrected chi connectivity index (χ0v) is 11.3. The number of pyridine rings is 1. The Bertz CT molecular complexity index is 537. The van der Waals surface area contributed by atoms with E-state index in [9.17, 15) is 0 Å². The molecule has 1 fully saturated rings. The Hall–Kier alpha value is -1.75. The fraction of sp³-hybridized carbons (Fsp3) is 0.500. The molecule has 5 nitrogen and oxygen atoms in total. The number of hydrogen-bond donors (Lipinski definition) is 0. The van der Waals surface area contributed by atoms with E-state index in [0.717, 1.165) is 31.0 Å². The lowest BCUT2D eigenvalue weighted by Crippen LogP contribution is -2.27. The van der Waals surface area contributed by atoms with Crippen LogP contribution in [0.4, 0.5) is 0 Å². The number of aromatic nitrogens is 3. The molecule has 2 aromatic heterocycles. The monoisotopic (exact) mass is 258 g/mol. The summed E-state index contributed by atoms with van der Waals surface area (Å²) in [5, 5.41) is 8.32. The van der Waals surface area contributed by atoms with E-state index in [1.54, 1.807) is 12.4 Å². The Morgan fingerprint density at radius 1 is 1.37 bits per heavy atom. The molecule has 3 rings (SSSR count). The van der Waals surface area contributed by atoms with Gasteiger partial charge in [0.2, 0.25) is 11.8 Å². The molecule has 100 valence electrons. The summed E-state index contributed by atoms with van der Waals surface area (Å²) in [4.78, 5) is 6.51. The van der Waals surface area contributed by atoms with E-state index in [-0.39, 0.29) is 0 Å². The van der Waals surface area contributed by atoms with Gasteiger partial charge in [0.25, 0.3) is 0 Å². The third-order valence-corrected chi connectivity index (χ3v) is 3.65. The van der Waals surface area contributed by atoms with Gasteiger partial charge in [-0.05, 0) is 38.9 Å². The van der Waals surface area contributed by atoms with Gasteiger partial charge in [0.05, 0.1) is 11.5 Å². The van der Waals surface area contributed by atoms with Gasteiger partial charge in [0.15, 0.2) is 0 Å². The van der Waals surface area contributed by atoms with Gasteiger partial charge in [-0.2, -0.15) is 0 Å². The van der Waals surface area contributed by atoms with Crippen LogP contribution in [0.25, 0.3) is 11.5 Å². The van der Waals surface area contributed by atoms with Crippen molar-refractivity contribution in [1.82, 2.24) is 20.1 Å². The molecule has 0 N–H and O–H groups in total. The van der Waals surface area contributed by atoms with Gasteiger partial charge >= 0.3 is 0 Å². The van der Waals surface area contributed by atoms with E-state index in [1.165, 1.54) is 0 Å². The maximum Gasteiger partial charge on any atom is 0.249 e. The molecule has 19 heavy (non-hydrogen) atoms. The minimum absolute atomic E-state index is 0.361. The number of nitrogens with zero attached hydrogens (tertiary/aromatic N) is 4. The Labute approximate surface area is 112 Å². The van der Waals surface area contributed by atoms with Crippen LogP contribution in [0.3, 0.4) is 0 Å². The molecule has 1 unspecified atom stereocenters. The van der Waals surface area contributed by atoms with E-state index in [1.807, 2.05) is 12.1 Å². The van der Waals surface area contributed by atoms with E-state index in [0.29, 0.717) is 17.9 Å². The van der Waals surface area contributed by atoms with Crippen molar-refractivity contribution in [1.29, 1.82) is 0 Å². The molecular formula is C14H18N4O. The molecule has 0 bridgehead atoms. The lowest BCUT2D eigenvalue weighted by molar-refractivity contribution is 0.269. The maximum absolute atomic E-state index is 5.79. The largest absolute Gasteiger partial charge is 0.420 e. The molecule has 0 aliphatic carbocycles. The lowest BCUT2D eigenvalue weighted by Gasteiger charge is -2.19. The van der Waals surface area contributed by atoms with Crippen LogP contribution in [0.15, 0.2) is 28.9 Å². The molecule has 1 atom stereocenters. The fourth-order valence-corrected chi connectivity index (χ4v) is 2.46.